The molecule has 1 aromatic heterocycles. The summed E-state index contributed by atoms with van der Waals surface area (Å²) in [5, 5.41) is 3.16. The van der Waals surface area contributed by atoms with Crippen molar-refractivity contribution in [3.8, 4) is 0 Å². The molecule has 0 bridgehead atoms. The Hall–Kier alpha value is -1.68. The molecule has 0 saturated carbocycles. The Labute approximate surface area is 117 Å². The number of hydrogen-bond acceptors (Lipinski definition) is 2. The van der Waals surface area contributed by atoms with E-state index < -0.39 is 11.6 Å². The second-order valence-electron chi connectivity index (χ2n) is 5.01. The third kappa shape index (κ3) is 2.61. The van der Waals surface area contributed by atoms with Crippen molar-refractivity contribution < 1.29 is 13.2 Å². The molecule has 2 aromatic rings. The Morgan fingerprint density at radius 3 is 2.40 bits per heavy atom. The number of aryl methyl sites for hydroxylation is 2. The van der Waals surface area contributed by atoms with E-state index in [-0.39, 0.29) is 6.04 Å². The van der Waals surface area contributed by atoms with Gasteiger partial charge in [0.2, 0.25) is 0 Å². The lowest BCUT2D eigenvalue weighted by Gasteiger charge is -2.17. The fourth-order valence-electron chi connectivity index (χ4n) is 2.60. The van der Waals surface area contributed by atoms with Crippen molar-refractivity contribution in [2.24, 2.45) is 0 Å². The zero-order valence-corrected chi connectivity index (χ0v) is 12.2. The fourth-order valence-corrected chi connectivity index (χ4v) is 2.60. The van der Waals surface area contributed by atoms with Crippen LogP contribution in [0.25, 0.3) is 0 Å². The van der Waals surface area contributed by atoms with Crippen molar-refractivity contribution in [2.75, 3.05) is 7.05 Å². The van der Waals surface area contributed by atoms with Gasteiger partial charge < -0.3 is 9.73 Å². The van der Waals surface area contributed by atoms with E-state index in [9.17, 15) is 8.78 Å². The largest absolute Gasteiger partial charge is 0.466 e. The van der Waals surface area contributed by atoms with E-state index in [0.29, 0.717) is 12.0 Å². The highest BCUT2D eigenvalue weighted by atomic mass is 19.2. The molecule has 0 saturated heterocycles. The summed E-state index contributed by atoms with van der Waals surface area (Å²) in [6.45, 7) is 5.77. The molecule has 1 atom stereocenters. The van der Waals surface area contributed by atoms with E-state index in [2.05, 4.69) is 5.32 Å². The van der Waals surface area contributed by atoms with Gasteiger partial charge in [-0.1, -0.05) is 12.1 Å². The van der Waals surface area contributed by atoms with Crippen LogP contribution < -0.4 is 5.32 Å². The maximum atomic E-state index is 13.8. The zero-order chi connectivity index (χ0) is 14.9. The van der Waals surface area contributed by atoms with Gasteiger partial charge in [0.1, 0.15) is 11.5 Å². The summed E-state index contributed by atoms with van der Waals surface area (Å²) in [5.74, 6) is 0.0890. The molecule has 4 heteroatoms. The lowest BCUT2D eigenvalue weighted by molar-refractivity contribution is 0.476. The summed E-state index contributed by atoms with van der Waals surface area (Å²) in [7, 11) is 1.81. The molecule has 1 heterocycles. The number of likely N-dealkylation sites (N-methyl/N-ethyl adjacent to an activating group) is 1. The molecule has 0 spiro atoms. The lowest BCUT2D eigenvalue weighted by Crippen LogP contribution is -2.20. The molecule has 108 valence electrons. The molecule has 1 N–H and O–H groups in total. The number of nitrogens with one attached hydrogen (secondary N) is 1. The number of benzene rings is 1. The van der Waals surface area contributed by atoms with E-state index >= 15 is 0 Å². The molecular weight excluding hydrogens is 260 g/mol. The Morgan fingerprint density at radius 2 is 1.85 bits per heavy atom. The second-order valence-corrected chi connectivity index (χ2v) is 5.01. The van der Waals surface area contributed by atoms with Crippen molar-refractivity contribution in [3.63, 3.8) is 0 Å². The first-order valence-corrected chi connectivity index (χ1v) is 6.62. The predicted molar refractivity (Wildman–Crippen MR) is 74.8 cm³/mol. The van der Waals surface area contributed by atoms with Gasteiger partial charge in [0.15, 0.2) is 11.6 Å². The molecular formula is C16H19F2NO. The third-order valence-corrected chi connectivity index (χ3v) is 3.77. The molecule has 0 aliphatic carbocycles. The summed E-state index contributed by atoms with van der Waals surface area (Å²) < 4.78 is 32.7. The van der Waals surface area contributed by atoms with E-state index in [1.54, 1.807) is 6.07 Å². The van der Waals surface area contributed by atoms with Gasteiger partial charge in [-0.2, -0.15) is 0 Å². The van der Waals surface area contributed by atoms with E-state index in [1.165, 1.54) is 6.07 Å². The maximum absolute atomic E-state index is 13.8. The van der Waals surface area contributed by atoms with Crippen LogP contribution in [0.4, 0.5) is 8.78 Å². The Morgan fingerprint density at radius 1 is 1.15 bits per heavy atom. The summed E-state index contributed by atoms with van der Waals surface area (Å²) in [6.07, 6.45) is 0.376. The van der Waals surface area contributed by atoms with E-state index in [1.807, 2.05) is 27.8 Å². The van der Waals surface area contributed by atoms with E-state index in [4.69, 9.17) is 4.42 Å². The first-order chi connectivity index (χ1) is 9.45. The lowest BCUT2D eigenvalue weighted by atomic mass is 9.95. The quantitative estimate of drug-likeness (QED) is 0.915. The average molecular weight is 279 g/mol. The molecule has 1 aromatic carbocycles. The molecule has 0 radical (unpaired) electrons. The van der Waals surface area contributed by atoms with Gasteiger partial charge in [-0.15, -0.1) is 0 Å². The van der Waals surface area contributed by atoms with Crippen molar-refractivity contribution in [1.82, 2.24) is 5.32 Å². The smallest absolute Gasteiger partial charge is 0.162 e. The van der Waals surface area contributed by atoms with Crippen molar-refractivity contribution in [1.29, 1.82) is 0 Å². The van der Waals surface area contributed by atoms with Gasteiger partial charge in [-0.05, 0) is 51.4 Å². The minimum Gasteiger partial charge on any atom is -0.466 e. The highest BCUT2D eigenvalue weighted by molar-refractivity contribution is 5.35. The molecule has 20 heavy (non-hydrogen) atoms. The van der Waals surface area contributed by atoms with Crippen LogP contribution in [0.15, 0.2) is 22.6 Å². The third-order valence-electron chi connectivity index (χ3n) is 3.77. The first-order valence-electron chi connectivity index (χ1n) is 6.62. The molecule has 0 aliphatic heterocycles. The number of furan rings is 1. The maximum Gasteiger partial charge on any atom is 0.162 e. The molecule has 0 fully saturated rings. The first kappa shape index (κ1) is 14.7. The van der Waals surface area contributed by atoms with Gasteiger partial charge in [-0.25, -0.2) is 8.78 Å². The number of halogens is 2. The van der Waals surface area contributed by atoms with Crippen molar-refractivity contribution >= 4 is 0 Å². The molecule has 1 unspecified atom stereocenters. The van der Waals surface area contributed by atoms with Crippen LogP contribution in [-0.2, 0) is 6.42 Å². The normalized spacial score (nSPS) is 12.7. The van der Waals surface area contributed by atoms with Crippen LogP contribution in [0, 0.1) is 32.4 Å². The van der Waals surface area contributed by atoms with Gasteiger partial charge >= 0.3 is 0 Å². The predicted octanol–water partition coefficient (Wildman–Crippen LogP) is 3.99. The van der Waals surface area contributed by atoms with Crippen molar-refractivity contribution in [2.45, 2.75) is 33.2 Å². The standard InChI is InChI=1S/C16H19F2NO/c1-9-10(2)20-11(3)15(9)14(19-4)8-12-6-5-7-13(17)16(12)18/h5-7,14,19H,8H2,1-4H3. The van der Waals surface area contributed by atoms with Crippen LogP contribution in [-0.4, -0.2) is 7.05 Å². The minimum absolute atomic E-state index is 0.108. The summed E-state index contributed by atoms with van der Waals surface area (Å²) in [5.41, 5.74) is 2.44. The Kier molecular flexibility index (Phi) is 4.23. The summed E-state index contributed by atoms with van der Waals surface area (Å²) >= 11 is 0. The van der Waals surface area contributed by atoms with Crippen molar-refractivity contribution in [3.05, 3.63) is 58.0 Å². The number of hydrogen-bond donors (Lipinski definition) is 1. The van der Waals surface area contributed by atoms with Crippen LogP contribution >= 0.6 is 0 Å². The average Bonchev–Trinajstić information content (AvgIpc) is 2.66. The highest BCUT2D eigenvalue weighted by Crippen LogP contribution is 2.29. The Balaban J connectivity index is 2.36. The SMILES string of the molecule is CNC(Cc1cccc(F)c1F)c1c(C)oc(C)c1C. The van der Waals surface area contributed by atoms with Gasteiger partial charge in [0.05, 0.1) is 0 Å². The summed E-state index contributed by atoms with van der Waals surface area (Å²) in [4.78, 5) is 0. The van der Waals surface area contributed by atoms with Crippen LogP contribution in [0.3, 0.4) is 0 Å². The van der Waals surface area contributed by atoms with Gasteiger partial charge in [-0.3, -0.25) is 0 Å². The van der Waals surface area contributed by atoms with Crippen LogP contribution in [0.1, 0.15) is 34.3 Å². The summed E-state index contributed by atoms with van der Waals surface area (Å²) in [6, 6.07) is 4.16. The Bertz CT molecular complexity index is 619. The van der Waals surface area contributed by atoms with Gasteiger partial charge in [0.25, 0.3) is 0 Å². The monoisotopic (exact) mass is 279 g/mol. The minimum atomic E-state index is -0.811. The molecule has 0 amide bonds. The second kappa shape index (κ2) is 5.75. The van der Waals surface area contributed by atoms with Gasteiger partial charge in [0, 0.05) is 11.6 Å². The molecule has 2 nitrogen and oxygen atoms in total. The van der Waals surface area contributed by atoms with E-state index in [0.717, 1.165) is 28.7 Å². The topological polar surface area (TPSA) is 25.2 Å². The zero-order valence-electron chi connectivity index (χ0n) is 12.2. The highest BCUT2D eigenvalue weighted by Gasteiger charge is 2.21. The molecule has 2 rings (SSSR count). The number of rotatable bonds is 4. The van der Waals surface area contributed by atoms with Crippen LogP contribution in [0.5, 0.6) is 0 Å². The fraction of sp³-hybridized carbons (Fsp3) is 0.375. The molecule has 0 aliphatic rings. The van der Waals surface area contributed by atoms with Crippen LogP contribution in [0.2, 0.25) is 0 Å².